The number of piperidine rings is 1. The van der Waals surface area contributed by atoms with E-state index in [2.05, 4.69) is 36.8 Å². The molecular formula is C34H35BrN6O7. The third-order valence-electron chi connectivity index (χ3n) is 9.20. The van der Waals surface area contributed by atoms with Crippen molar-refractivity contribution in [2.75, 3.05) is 51.1 Å². The number of rotatable bonds is 9. The third kappa shape index (κ3) is 7.00. The van der Waals surface area contributed by atoms with Crippen LogP contribution >= 0.6 is 15.9 Å². The number of allylic oxidation sites excluding steroid dienone is 1. The van der Waals surface area contributed by atoms with Crippen LogP contribution in [0.15, 0.2) is 58.7 Å². The highest BCUT2D eigenvalue weighted by Gasteiger charge is 2.45. The first-order valence-corrected chi connectivity index (χ1v) is 16.7. The van der Waals surface area contributed by atoms with Crippen LogP contribution in [0.4, 0.5) is 5.69 Å². The van der Waals surface area contributed by atoms with E-state index in [0.29, 0.717) is 52.1 Å². The molecule has 250 valence electrons. The van der Waals surface area contributed by atoms with Crippen molar-refractivity contribution >= 4 is 62.7 Å². The topological polar surface area (TPSA) is 165 Å². The van der Waals surface area contributed by atoms with Crippen molar-refractivity contribution in [1.29, 1.82) is 0 Å². The van der Waals surface area contributed by atoms with Crippen LogP contribution in [0.3, 0.4) is 0 Å². The van der Waals surface area contributed by atoms with Crippen molar-refractivity contribution in [3.05, 3.63) is 75.4 Å². The molecule has 2 saturated heterocycles. The smallest absolute Gasteiger partial charge is 0.264 e. The van der Waals surface area contributed by atoms with Crippen LogP contribution in [0.5, 0.6) is 0 Å². The summed E-state index contributed by atoms with van der Waals surface area (Å²) >= 11 is 3.52. The first-order chi connectivity index (χ1) is 23.1. The molecule has 3 fully saturated rings. The van der Waals surface area contributed by atoms with Crippen LogP contribution in [-0.4, -0.2) is 108 Å². The normalized spacial score (nSPS) is 22.1. The lowest BCUT2D eigenvalue weighted by Crippen LogP contribution is -2.54. The molecule has 14 heteroatoms. The Bertz CT molecular complexity index is 1710. The van der Waals surface area contributed by atoms with Gasteiger partial charge in [0, 0.05) is 69.2 Å². The standard InChI is InChI=1S/C34H35BrN6O7/c35-24-6-2-1-4-21(24)20-16-27(42)23(28(43)17-20)18-36-10-11-39-12-14-40(15-13-39)19-30(45)37-25-7-3-5-22-31(25)34(48)41(33(22)47)26-8-9-29(44)38-32(26)46/h1-7,18,20,26,36H,8-17,19H2,(H,37,45)(H,38,44,46). The van der Waals surface area contributed by atoms with Crippen molar-refractivity contribution in [2.24, 2.45) is 0 Å². The number of nitrogens with one attached hydrogen (secondary N) is 3. The van der Waals surface area contributed by atoms with Gasteiger partial charge in [0.2, 0.25) is 17.7 Å². The van der Waals surface area contributed by atoms with Crippen LogP contribution in [-0.2, 0) is 24.0 Å². The number of carbonyl (C=O) groups is 7. The number of imide groups is 2. The molecule has 4 aliphatic rings. The Labute approximate surface area is 285 Å². The Hall–Kier alpha value is -4.53. The van der Waals surface area contributed by atoms with Crippen LogP contribution < -0.4 is 16.0 Å². The van der Waals surface area contributed by atoms with E-state index in [9.17, 15) is 33.6 Å². The fraction of sp³-hybridized carbons (Fsp3) is 0.382. The zero-order chi connectivity index (χ0) is 33.9. The second kappa shape index (κ2) is 14.3. The lowest BCUT2D eigenvalue weighted by atomic mass is 9.80. The van der Waals surface area contributed by atoms with Gasteiger partial charge < -0.3 is 10.6 Å². The summed E-state index contributed by atoms with van der Waals surface area (Å²) in [5, 5.41) is 8.07. The quantitative estimate of drug-likeness (QED) is 0.150. The maximum Gasteiger partial charge on any atom is 0.264 e. The Morgan fingerprint density at radius 1 is 0.896 bits per heavy atom. The molecule has 0 aromatic heterocycles. The van der Waals surface area contributed by atoms with Gasteiger partial charge in [0.1, 0.15) is 6.04 Å². The zero-order valence-corrected chi connectivity index (χ0v) is 27.7. The number of anilines is 1. The molecule has 2 aromatic rings. The van der Waals surface area contributed by atoms with E-state index in [1.165, 1.54) is 6.07 Å². The van der Waals surface area contributed by atoms with Crippen molar-refractivity contribution < 1.29 is 33.6 Å². The molecule has 3 N–H and O–H groups in total. The molecule has 48 heavy (non-hydrogen) atoms. The second-order valence-electron chi connectivity index (χ2n) is 12.3. The number of nitrogens with zero attached hydrogens (tertiary/aromatic N) is 3. The largest absolute Gasteiger partial charge is 0.389 e. The minimum Gasteiger partial charge on any atom is -0.389 e. The summed E-state index contributed by atoms with van der Waals surface area (Å²) in [5.41, 5.74) is 1.52. The van der Waals surface area contributed by atoms with Crippen molar-refractivity contribution in [3.63, 3.8) is 0 Å². The molecule has 6 rings (SSSR count). The summed E-state index contributed by atoms with van der Waals surface area (Å²) in [6.07, 6.45) is 2.19. The number of benzene rings is 2. The van der Waals surface area contributed by atoms with Gasteiger partial charge in [-0.15, -0.1) is 0 Å². The van der Waals surface area contributed by atoms with Gasteiger partial charge in [-0.3, -0.25) is 53.6 Å². The highest BCUT2D eigenvalue weighted by molar-refractivity contribution is 9.10. The summed E-state index contributed by atoms with van der Waals surface area (Å²) in [6.45, 7) is 4.04. The van der Waals surface area contributed by atoms with Gasteiger partial charge >= 0.3 is 0 Å². The molecule has 1 saturated carbocycles. The fourth-order valence-corrected chi connectivity index (χ4v) is 7.27. The Morgan fingerprint density at radius 3 is 2.31 bits per heavy atom. The fourth-order valence-electron chi connectivity index (χ4n) is 6.66. The molecule has 0 radical (unpaired) electrons. The average Bonchev–Trinajstić information content (AvgIpc) is 3.31. The number of ketones is 2. The zero-order valence-electron chi connectivity index (χ0n) is 26.1. The number of amides is 5. The monoisotopic (exact) mass is 718 g/mol. The summed E-state index contributed by atoms with van der Waals surface area (Å²) in [5.74, 6) is -3.25. The van der Waals surface area contributed by atoms with Crippen molar-refractivity contribution in [2.45, 2.75) is 37.6 Å². The molecule has 3 aliphatic heterocycles. The van der Waals surface area contributed by atoms with E-state index in [1.807, 2.05) is 29.2 Å². The maximum atomic E-state index is 13.3. The number of Topliss-reactive ketones (excluding diaryl/α,β-unsaturated/α-hetero) is 2. The van der Waals surface area contributed by atoms with E-state index < -0.39 is 29.7 Å². The van der Waals surface area contributed by atoms with Gasteiger partial charge in [0.05, 0.1) is 28.9 Å². The van der Waals surface area contributed by atoms with Crippen molar-refractivity contribution in [3.8, 4) is 0 Å². The first-order valence-electron chi connectivity index (χ1n) is 15.9. The number of piperazine rings is 1. The average molecular weight is 720 g/mol. The minimum absolute atomic E-state index is 0.0195. The van der Waals surface area contributed by atoms with Crippen molar-refractivity contribution in [1.82, 2.24) is 25.3 Å². The number of halogens is 1. The molecule has 3 heterocycles. The molecular weight excluding hydrogens is 684 g/mol. The van der Waals surface area contributed by atoms with Gasteiger partial charge in [-0.1, -0.05) is 40.2 Å². The maximum absolute atomic E-state index is 13.3. The summed E-state index contributed by atoms with van der Waals surface area (Å²) < 4.78 is 0.899. The number of hydrogen-bond donors (Lipinski definition) is 3. The van der Waals surface area contributed by atoms with Gasteiger partial charge in [-0.05, 0) is 36.1 Å². The van der Waals surface area contributed by atoms with Crippen LogP contribution in [0.25, 0.3) is 0 Å². The molecule has 0 bridgehead atoms. The highest BCUT2D eigenvalue weighted by Crippen LogP contribution is 2.35. The number of carbonyl (C=O) groups excluding carboxylic acids is 7. The molecule has 13 nitrogen and oxygen atoms in total. The SMILES string of the molecule is O=C1CCC(N2C(=O)c3cccc(NC(=O)CN4CCN(CCNC=C5C(=O)CC(c6ccccc6Br)CC5=O)CC4)c3C2=O)C(=O)N1. The Kier molecular flexibility index (Phi) is 9.94. The van der Waals surface area contributed by atoms with Crippen LogP contribution in [0.2, 0.25) is 0 Å². The van der Waals surface area contributed by atoms with Crippen LogP contribution in [0.1, 0.15) is 57.9 Å². The van der Waals surface area contributed by atoms with Gasteiger partial charge in [-0.2, -0.15) is 0 Å². The molecule has 2 aromatic carbocycles. The predicted octanol–water partition coefficient (Wildman–Crippen LogP) is 1.60. The second-order valence-corrected chi connectivity index (χ2v) is 13.2. The molecule has 0 spiro atoms. The minimum atomic E-state index is -1.09. The summed E-state index contributed by atoms with van der Waals surface area (Å²) in [7, 11) is 0. The van der Waals surface area contributed by atoms with E-state index in [0.717, 1.165) is 14.9 Å². The first kappa shape index (κ1) is 33.4. The summed E-state index contributed by atoms with van der Waals surface area (Å²) in [6, 6.07) is 11.2. The molecule has 1 atom stereocenters. The predicted molar refractivity (Wildman–Crippen MR) is 177 cm³/mol. The molecule has 1 aliphatic carbocycles. The van der Waals surface area contributed by atoms with E-state index in [4.69, 9.17) is 0 Å². The third-order valence-corrected chi connectivity index (χ3v) is 9.92. The Balaban J connectivity index is 0.949. The lowest BCUT2D eigenvalue weighted by Gasteiger charge is -2.34. The van der Waals surface area contributed by atoms with Gasteiger partial charge in [0.15, 0.2) is 11.6 Å². The number of hydrogen-bond acceptors (Lipinski definition) is 10. The summed E-state index contributed by atoms with van der Waals surface area (Å²) in [4.78, 5) is 93.9. The van der Waals surface area contributed by atoms with Gasteiger partial charge in [0.25, 0.3) is 11.8 Å². The van der Waals surface area contributed by atoms with E-state index >= 15 is 0 Å². The van der Waals surface area contributed by atoms with Crippen LogP contribution in [0, 0.1) is 0 Å². The number of fused-ring (bicyclic) bond motifs is 1. The highest BCUT2D eigenvalue weighted by atomic mass is 79.9. The van der Waals surface area contributed by atoms with E-state index in [-0.39, 0.29) is 65.2 Å². The van der Waals surface area contributed by atoms with Gasteiger partial charge in [-0.25, -0.2) is 0 Å². The lowest BCUT2D eigenvalue weighted by molar-refractivity contribution is -0.136. The molecule has 1 unspecified atom stereocenters. The van der Waals surface area contributed by atoms with E-state index in [1.54, 1.807) is 18.3 Å². The Morgan fingerprint density at radius 2 is 1.60 bits per heavy atom. The molecule has 5 amide bonds.